The van der Waals surface area contributed by atoms with Gasteiger partial charge in [-0.1, -0.05) is 0 Å². The highest BCUT2D eigenvalue weighted by molar-refractivity contribution is 4.90. The molecule has 0 aliphatic carbocycles. The smallest absolute Gasteiger partial charge is 0.163 e. The van der Waals surface area contributed by atoms with E-state index < -0.39 is 6.35 Å². The standard InChI is InChI=1S/C9H19N3O/c1-7(2)11-3-4-12-8(6-11)5-10-9(12)13/h7-10,13H,3-6H2,1-2H3. The summed E-state index contributed by atoms with van der Waals surface area (Å²) < 4.78 is 0. The highest BCUT2D eigenvalue weighted by atomic mass is 16.3. The third kappa shape index (κ3) is 1.72. The molecule has 13 heavy (non-hydrogen) atoms. The van der Waals surface area contributed by atoms with Crippen LogP contribution in [-0.4, -0.2) is 59.5 Å². The maximum atomic E-state index is 9.55. The Morgan fingerprint density at radius 3 is 2.85 bits per heavy atom. The summed E-state index contributed by atoms with van der Waals surface area (Å²) in [4.78, 5) is 4.62. The molecular weight excluding hydrogens is 166 g/mol. The SMILES string of the molecule is CC(C)N1CCN2C(CNC2O)C1. The lowest BCUT2D eigenvalue weighted by atomic mass is 10.1. The van der Waals surface area contributed by atoms with E-state index in [1.54, 1.807) is 0 Å². The largest absolute Gasteiger partial charge is 0.365 e. The number of rotatable bonds is 1. The average molecular weight is 185 g/mol. The van der Waals surface area contributed by atoms with Gasteiger partial charge in [-0.05, 0) is 13.8 Å². The first-order valence-corrected chi connectivity index (χ1v) is 5.09. The summed E-state index contributed by atoms with van der Waals surface area (Å²) >= 11 is 0. The molecule has 0 bridgehead atoms. The summed E-state index contributed by atoms with van der Waals surface area (Å²) in [5, 5.41) is 12.6. The van der Waals surface area contributed by atoms with Gasteiger partial charge in [-0.25, -0.2) is 0 Å². The molecule has 0 saturated carbocycles. The summed E-state index contributed by atoms with van der Waals surface area (Å²) in [6.45, 7) is 8.53. The van der Waals surface area contributed by atoms with Crippen molar-refractivity contribution in [3.8, 4) is 0 Å². The van der Waals surface area contributed by atoms with Crippen LogP contribution in [0.3, 0.4) is 0 Å². The molecule has 0 aromatic heterocycles. The lowest BCUT2D eigenvalue weighted by Crippen LogP contribution is -2.55. The second-order valence-corrected chi connectivity index (χ2v) is 4.26. The minimum atomic E-state index is -0.403. The summed E-state index contributed by atoms with van der Waals surface area (Å²) in [5.41, 5.74) is 0. The van der Waals surface area contributed by atoms with Gasteiger partial charge in [0.05, 0.1) is 0 Å². The monoisotopic (exact) mass is 185 g/mol. The van der Waals surface area contributed by atoms with E-state index in [4.69, 9.17) is 0 Å². The van der Waals surface area contributed by atoms with E-state index in [1.807, 2.05) is 0 Å². The Hall–Kier alpha value is -0.160. The Morgan fingerprint density at radius 2 is 2.15 bits per heavy atom. The number of aliphatic hydroxyl groups excluding tert-OH is 1. The van der Waals surface area contributed by atoms with Crippen LogP contribution in [0.2, 0.25) is 0 Å². The zero-order valence-corrected chi connectivity index (χ0v) is 8.40. The fraction of sp³-hybridized carbons (Fsp3) is 1.00. The highest BCUT2D eigenvalue weighted by Gasteiger charge is 2.36. The number of nitrogens with one attached hydrogen (secondary N) is 1. The van der Waals surface area contributed by atoms with Crippen molar-refractivity contribution in [2.75, 3.05) is 26.2 Å². The zero-order chi connectivity index (χ0) is 9.42. The van der Waals surface area contributed by atoms with Gasteiger partial charge < -0.3 is 5.11 Å². The van der Waals surface area contributed by atoms with Crippen molar-refractivity contribution >= 4 is 0 Å². The summed E-state index contributed by atoms with van der Waals surface area (Å²) in [5.74, 6) is 0. The summed E-state index contributed by atoms with van der Waals surface area (Å²) in [6, 6.07) is 1.13. The molecule has 76 valence electrons. The molecule has 2 fully saturated rings. The van der Waals surface area contributed by atoms with Crippen LogP contribution in [0.15, 0.2) is 0 Å². The molecule has 4 heteroatoms. The topological polar surface area (TPSA) is 38.7 Å². The second kappa shape index (κ2) is 3.53. The van der Waals surface area contributed by atoms with Gasteiger partial charge in [0.1, 0.15) is 0 Å². The Morgan fingerprint density at radius 1 is 1.38 bits per heavy atom. The number of hydrogen-bond donors (Lipinski definition) is 2. The van der Waals surface area contributed by atoms with E-state index in [0.29, 0.717) is 12.1 Å². The molecule has 2 rings (SSSR count). The van der Waals surface area contributed by atoms with E-state index >= 15 is 0 Å². The van der Waals surface area contributed by atoms with Crippen LogP contribution >= 0.6 is 0 Å². The van der Waals surface area contributed by atoms with Crippen LogP contribution in [0.4, 0.5) is 0 Å². The van der Waals surface area contributed by atoms with E-state index in [-0.39, 0.29) is 0 Å². The van der Waals surface area contributed by atoms with Crippen LogP contribution in [0.25, 0.3) is 0 Å². The van der Waals surface area contributed by atoms with Crippen molar-refractivity contribution in [2.45, 2.75) is 32.3 Å². The molecular formula is C9H19N3O. The van der Waals surface area contributed by atoms with Crippen LogP contribution in [0.5, 0.6) is 0 Å². The van der Waals surface area contributed by atoms with Gasteiger partial charge in [-0.2, -0.15) is 0 Å². The second-order valence-electron chi connectivity index (χ2n) is 4.26. The number of hydrogen-bond acceptors (Lipinski definition) is 4. The molecule has 2 unspecified atom stereocenters. The molecule has 0 aromatic rings. The first-order chi connectivity index (χ1) is 6.18. The van der Waals surface area contributed by atoms with Gasteiger partial charge >= 0.3 is 0 Å². The molecule has 2 aliphatic rings. The van der Waals surface area contributed by atoms with Gasteiger partial charge in [-0.15, -0.1) is 0 Å². The zero-order valence-electron chi connectivity index (χ0n) is 8.40. The Kier molecular flexibility index (Phi) is 2.55. The molecule has 2 heterocycles. The average Bonchev–Trinajstić information content (AvgIpc) is 2.47. The van der Waals surface area contributed by atoms with Crippen LogP contribution < -0.4 is 5.32 Å². The molecule has 0 amide bonds. The van der Waals surface area contributed by atoms with Crippen molar-refractivity contribution in [1.82, 2.24) is 15.1 Å². The van der Waals surface area contributed by atoms with Gasteiger partial charge in [0.25, 0.3) is 0 Å². The Labute approximate surface area is 79.5 Å². The fourth-order valence-electron chi connectivity index (χ4n) is 2.22. The van der Waals surface area contributed by atoms with E-state index in [1.165, 1.54) is 0 Å². The molecule has 2 saturated heterocycles. The maximum absolute atomic E-state index is 9.55. The lowest BCUT2D eigenvalue weighted by molar-refractivity contribution is -0.0317. The fourth-order valence-corrected chi connectivity index (χ4v) is 2.22. The summed E-state index contributed by atoms with van der Waals surface area (Å²) in [6.07, 6.45) is -0.403. The van der Waals surface area contributed by atoms with E-state index in [0.717, 1.165) is 26.2 Å². The van der Waals surface area contributed by atoms with Crippen molar-refractivity contribution in [2.24, 2.45) is 0 Å². The highest BCUT2D eigenvalue weighted by Crippen LogP contribution is 2.17. The third-order valence-electron chi connectivity index (χ3n) is 3.14. The number of nitrogens with zero attached hydrogens (tertiary/aromatic N) is 2. The quantitative estimate of drug-likeness (QED) is 0.564. The molecule has 2 atom stereocenters. The number of fused-ring (bicyclic) bond motifs is 1. The predicted molar refractivity (Wildman–Crippen MR) is 51.2 cm³/mol. The summed E-state index contributed by atoms with van der Waals surface area (Å²) in [7, 11) is 0. The number of piperazine rings is 1. The molecule has 4 nitrogen and oxygen atoms in total. The van der Waals surface area contributed by atoms with Crippen LogP contribution in [0, 0.1) is 0 Å². The van der Waals surface area contributed by atoms with Gasteiger partial charge in [0.2, 0.25) is 0 Å². The molecule has 2 aliphatic heterocycles. The van der Waals surface area contributed by atoms with Crippen molar-refractivity contribution < 1.29 is 5.11 Å². The molecule has 0 spiro atoms. The van der Waals surface area contributed by atoms with Crippen molar-refractivity contribution in [1.29, 1.82) is 0 Å². The van der Waals surface area contributed by atoms with Crippen LogP contribution in [-0.2, 0) is 0 Å². The van der Waals surface area contributed by atoms with Crippen LogP contribution in [0.1, 0.15) is 13.8 Å². The van der Waals surface area contributed by atoms with E-state index in [9.17, 15) is 5.11 Å². The minimum absolute atomic E-state index is 0.403. The Bertz CT molecular complexity index is 186. The first kappa shape index (κ1) is 9.40. The first-order valence-electron chi connectivity index (χ1n) is 5.09. The minimum Gasteiger partial charge on any atom is -0.365 e. The number of aliphatic hydroxyl groups is 1. The normalized spacial score (nSPS) is 36.9. The van der Waals surface area contributed by atoms with Crippen molar-refractivity contribution in [3.63, 3.8) is 0 Å². The van der Waals surface area contributed by atoms with Crippen molar-refractivity contribution in [3.05, 3.63) is 0 Å². The van der Waals surface area contributed by atoms with E-state index in [2.05, 4.69) is 29.0 Å². The van der Waals surface area contributed by atoms with Gasteiger partial charge in [0.15, 0.2) is 6.35 Å². The van der Waals surface area contributed by atoms with Gasteiger partial charge in [0, 0.05) is 38.3 Å². The predicted octanol–water partition coefficient (Wildman–Crippen LogP) is -0.740. The molecule has 0 radical (unpaired) electrons. The van der Waals surface area contributed by atoms with Gasteiger partial charge in [-0.3, -0.25) is 15.1 Å². The lowest BCUT2D eigenvalue weighted by Gasteiger charge is -2.39. The third-order valence-corrected chi connectivity index (χ3v) is 3.14. The molecule has 2 N–H and O–H groups in total. The molecule has 0 aromatic carbocycles. The maximum Gasteiger partial charge on any atom is 0.163 e. The Balaban J connectivity index is 1.95.